The molecule has 1 aliphatic heterocycles. The van der Waals surface area contributed by atoms with Gasteiger partial charge in [-0.05, 0) is 48.2 Å². The highest BCUT2D eigenvalue weighted by atomic mass is 79.9. The molecule has 0 bridgehead atoms. The first-order valence-electron chi connectivity index (χ1n) is 6.06. The van der Waals surface area contributed by atoms with Crippen LogP contribution in [0.3, 0.4) is 0 Å². The molecule has 0 radical (unpaired) electrons. The van der Waals surface area contributed by atoms with Crippen molar-refractivity contribution in [3.8, 4) is 0 Å². The largest absolute Gasteiger partial charge is 0.333 e. The Bertz CT molecular complexity index is 422. The van der Waals surface area contributed by atoms with Crippen molar-refractivity contribution < 1.29 is 4.79 Å². The minimum atomic E-state index is 0.107. The highest BCUT2D eigenvalue weighted by molar-refractivity contribution is 9.10. The molecular weight excluding hydrogens is 280 g/mol. The van der Waals surface area contributed by atoms with Gasteiger partial charge in [-0.15, -0.1) is 0 Å². The second kappa shape index (κ2) is 5.17. The van der Waals surface area contributed by atoms with Gasteiger partial charge in [-0.25, -0.2) is 0 Å². The summed E-state index contributed by atoms with van der Waals surface area (Å²) in [5.41, 5.74) is 0.673. The van der Waals surface area contributed by atoms with Gasteiger partial charge in [0, 0.05) is 29.0 Å². The first-order chi connectivity index (χ1) is 8.13. The van der Waals surface area contributed by atoms with Gasteiger partial charge in [0.1, 0.15) is 0 Å². The molecule has 0 aliphatic carbocycles. The SMILES string of the molecule is CCC1CCC(C)N1C(=O)c1cncc(Br)c1. The summed E-state index contributed by atoms with van der Waals surface area (Å²) in [5.74, 6) is 0.107. The van der Waals surface area contributed by atoms with Crippen molar-refractivity contribution in [2.24, 2.45) is 0 Å². The maximum absolute atomic E-state index is 12.4. The Labute approximate surface area is 110 Å². The maximum Gasteiger partial charge on any atom is 0.255 e. The van der Waals surface area contributed by atoms with Crippen LogP contribution in [-0.2, 0) is 0 Å². The van der Waals surface area contributed by atoms with Crippen LogP contribution in [0.5, 0.6) is 0 Å². The number of nitrogens with zero attached hydrogens (tertiary/aromatic N) is 2. The summed E-state index contributed by atoms with van der Waals surface area (Å²) in [6, 6.07) is 2.57. The fourth-order valence-electron chi connectivity index (χ4n) is 2.52. The van der Waals surface area contributed by atoms with E-state index in [2.05, 4.69) is 34.8 Å². The molecule has 0 N–H and O–H groups in total. The number of pyridine rings is 1. The molecule has 2 atom stereocenters. The van der Waals surface area contributed by atoms with E-state index in [1.807, 2.05) is 11.0 Å². The van der Waals surface area contributed by atoms with E-state index in [-0.39, 0.29) is 5.91 Å². The topological polar surface area (TPSA) is 33.2 Å². The molecule has 0 saturated carbocycles. The Balaban J connectivity index is 2.24. The first-order valence-corrected chi connectivity index (χ1v) is 6.86. The fourth-order valence-corrected chi connectivity index (χ4v) is 2.88. The highest BCUT2D eigenvalue weighted by Crippen LogP contribution is 2.28. The first kappa shape index (κ1) is 12.6. The average molecular weight is 297 g/mol. The van der Waals surface area contributed by atoms with Crippen LogP contribution in [0, 0.1) is 0 Å². The lowest BCUT2D eigenvalue weighted by Crippen LogP contribution is -2.39. The summed E-state index contributed by atoms with van der Waals surface area (Å²) in [5, 5.41) is 0. The van der Waals surface area contributed by atoms with Crippen molar-refractivity contribution in [3.63, 3.8) is 0 Å². The van der Waals surface area contributed by atoms with Gasteiger partial charge in [0.25, 0.3) is 5.91 Å². The molecule has 4 heteroatoms. The molecular formula is C13H17BrN2O. The molecule has 92 valence electrons. The van der Waals surface area contributed by atoms with Crippen molar-refractivity contribution in [2.75, 3.05) is 0 Å². The number of likely N-dealkylation sites (tertiary alicyclic amines) is 1. The number of carbonyl (C=O) groups excluding carboxylic acids is 1. The zero-order valence-electron chi connectivity index (χ0n) is 10.2. The second-order valence-electron chi connectivity index (χ2n) is 4.59. The lowest BCUT2D eigenvalue weighted by Gasteiger charge is -2.28. The van der Waals surface area contributed by atoms with Gasteiger partial charge in [-0.2, -0.15) is 0 Å². The third kappa shape index (κ3) is 2.51. The van der Waals surface area contributed by atoms with Gasteiger partial charge in [-0.1, -0.05) is 6.92 Å². The number of carbonyl (C=O) groups is 1. The van der Waals surface area contributed by atoms with E-state index >= 15 is 0 Å². The quantitative estimate of drug-likeness (QED) is 0.839. The molecule has 1 fully saturated rings. The molecule has 1 aliphatic rings. The predicted octanol–water partition coefficient (Wildman–Crippen LogP) is 3.25. The van der Waals surface area contributed by atoms with Gasteiger partial charge >= 0.3 is 0 Å². The molecule has 1 amide bonds. The van der Waals surface area contributed by atoms with Crippen molar-refractivity contribution in [1.82, 2.24) is 9.88 Å². The number of halogens is 1. The monoisotopic (exact) mass is 296 g/mol. The third-order valence-corrected chi connectivity index (χ3v) is 3.88. The molecule has 2 rings (SSSR count). The number of rotatable bonds is 2. The zero-order chi connectivity index (χ0) is 12.4. The van der Waals surface area contributed by atoms with Gasteiger partial charge in [0.15, 0.2) is 0 Å². The summed E-state index contributed by atoms with van der Waals surface area (Å²) in [6.45, 7) is 4.26. The summed E-state index contributed by atoms with van der Waals surface area (Å²) >= 11 is 3.35. The molecule has 1 aromatic rings. The fraction of sp³-hybridized carbons (Fsp3) is 0.538. The lowest BCUT2D eigenvalue weighted by atomic mass is 10.1. The van der Waals surface area contributed by atoms with E-state index in [1.165, 1.54) is 0 Å². The average Bonchev–Trinajstić information content (AvgIpc) is 2.69. The van der Waals surface area contributed by atoms with Crippen LogP contribution >= 0.6 is 15.9 Å². The maximum atomic E-state index is 12.4. The normalized spacial score (nSPS) is 24.1. The minimum Gasteiger partial charge on any atom is -0.333 e. The molecule has 0 spiro atoms. The molecule has 0 aromatic carbocycles. The smallest absolute Gasteiger partial charge is 0.255 e. The number of aromatic nitrogens is 1. The van der Waals surface area contributed by atoms with Crippen LogP contribution in [0.1, 0.15) is 43.5 Å². The van der Waals surface area contributed by atoms with Crippen LogP contribution < -0.4 is 0 Å². The van der Waals surface area contributed by atoms with E-state index in [4.69, 9.17) is 0 Å². The summed E-state index contributed by atoms with van der Waals surface area (Å²) in [6.07, 6.45) is 6.58. The van der Waals surface area contributed by atoms with Crippen LogP contribution in [0.4, 0.5) is 0 Å². The Morgan fingerprint density at radius 1 is 1.53 bits per heavy atom. The summed E-state index contributed by atoms with van der Waals surface area (Å²) in [7, 11) is 0. The van der Waals surface area contributed by atoms with Gasteiger partial charge in [0.05, 0.1) is 5.56 Å². The van der Waals surface area contributed by atoms with Crippen LogP contribution in [0.15, 0.2) is 22.9 Å². The van der Waals surface area contributed by atoms with Crippen LogP contribution in [0.2, 0.25) is 0 Å². The van der Waals surface area contributed by atoms with E-state index in [1.54, 1.807) is 12.4 Å². The van der Waals surface area contributed by atoms with Gasteiger partial charge in [-0.3, -0.25) is 9.78 Å². The van der Waals surface area contributed by atoms with E-state index in [9.17, 15) is 4.79 Å². The molecule has 3 nitrogen and oxygen atoms in total. The highest BCUT2D eigenvalue weighted by Gasteiger charge is 2.33. The second-order valence-corrected chi connectivity index (χ2v) is 5.51. The Morgan fingerprint density at radius 2 is 2.29 bits per heavy atom. The minimum absolute atomic E-state index is 0.107. The zero-order valence-corrected chi connectivity index (χ0v) is 11.8. The van der Waals surface area contributed by atoms with E-state index in [0.29, 0.717) is 17.6 Å². The Hall–Kier alpha value is -0.900. The van der Waals surface area contributed by atoms with Gasteiger partial charge in [0.2, 0.25) is 0 Å². The van der Waals surface area contributed by atoms with E-state index < -0.39 is 0 Å². The number of amides is 1. The Kier molecular flexibility index (Phi) is 3.82. The van der Waals surface area contributed by atoms with E-state index in [0.717, 1.165) is 23.7 Å². The predicted molar refractivity (Wildman–Crippen MR) is 70.9 cm³/mol. The van der Waals surface area contributed by atoms with Crippen molar-refractivity contribution >= 4 is 21.8 Å². The number of hydrogen-bond donors (Lipinski definition) is 0. The Morgan fingerprint density at radius 3 is 2.94 bits per heavy atom. The lowest BCUT2D eigenvalue weighted by molar-refractivity contribution is 0.0676. The van der Waals surface area contributed by atoms with Crippen molar-refractivity contribution in [3.05, 3.63) is 28.5 Å². The van der Waals surface area contributed by atoms with Gasteiger partial charge < -0.3 is 4.90 Å². The third-order valence-electron chi connectivity index (χ3n) is 3.44. The molecule has 1 aromatic heterocycles. The molecule has 2 unspecified atom stereocenters. The van der Waals surface area contributed by atoms with Crippen LogP contribution in [0.25, 0.3) is 0 Å². The number of hydrogen-bond acceptors (Lipinski definition) is 2. The van der Waals surface area contributed by atoms with Crippen molar-refractivity contribution in [2.45, 2.75) is 45.2 Å². The molecule has 17 heavy (non-hydrogen) atoms. The summed E-state index contributed by atoms with van der Waals surface area (Å²) < 4.78 is 0.850. The summed E-state index contributed by atoms with van der Waals surface area (Å²) in [4.78, 5) is 18.5. The molecule has 1 saturated heterocycles. The van der Waals surface area contributed by atoms with Crippen molar-refractivity contribution in [1.29, 1.82) is 0 Å². The standard InChI is InChI=1S/C13H17BrN2O/c1-3-12-5-4-9(2)16(12)13(17)10-6-11(14)8-15-7-10/h6-9,12H,3-5H2,1-2H3. The molecule has 2 heterocycles. The van der Waals surface area contributed by atoms with Crippen LogP contribution in [-0.4, -0.2) is 27.9 Å².